The van der Waals surface area contributed by atoms with Gasteiger partial charge in [-0.05, 0) is 92.2 Å². The molecule has 0 radical (unpaired) electrons. The maximum Gasteiger partial charge on any atom is 0.415 e. The number of aryl methyl sites for hydroxylation is 1. The molecular weight excluding hydrogens is 422 g/mol. The maximum atomic E-state index is 13.3. The predicted molar refractivity (Wildman–Crippen MR) is 138 cm³/mol. The van der Waals surface area contributed by atoms with E-state index in [1.807, 2.05) is 49.4 Å². The molecule has 0 heterocycles. The second-order valence-electron chi connectivity index (χ2n) is 10.6. The molecule has 0 N–H and O–H groups in total. The van der Waals surface area contributed by atoms with Gasteiger partial charge in [0.05, 0.1) is 5.60 Å². The lowest BCUT2D eigenvalue weighted by Crippen LogP contribution is -2.64. The number of nitrogens with zero attached hydrogens (tertiary/aromatic N) is 1. The van der Waals surface area contributed by atoms with Crippen LogP contribution in [0.3, 0.4) is 0 Å². The first-order valence-corrected chi connectivity index (χ1v) is 12.9. The first-order chi connectivity index (χ1) is 16.2. The van der Waals surface area contributed by atoms with Gasteiger partial charge in [0.15, 0.2) is 0 Å². The molecule has 5 unspecified atom stereocenters. The highest BCUT2D eigenvalue weighted by atomic mass is 16.6. The number of likely N-dealkylation sites (N-methyl/N-ethyl adjacent to an activating group) is 1. The fourth-order valence-electron chi connectivity index (χ4n) is 7.33. The molecule has 0 spiro atoms. The van der Waals surface area contributed by atoms with Crippen molar-refractivity contribution in [2.24, 2.45) is 11.8 Å². The summed E-state index contributed by atoms with van der Waals surface area (Å²) in [6, 6.07) is 14.1. The summed E-state index contributed by atoms with van der Waals surface area (Å²) in [6.45, 7) is 11.5. The number of rotatable bonds is 5. The van der Waals surface area contributed by atoms with E-state index in [-0.39, 0.29) is 23.2 Å². The monoisotopic (exact) mass is 463 g/mol. The zero-order valence-corrected chi connectivity index (χ0v) is 22.0. The first-order valence-electron chi connectivity index (χ1n) is 12.9. The molecule has 1 amide bonds. The Morgan fingerprint density at radius 2 is 1.85 bits per heavy atom. The zero-order valence-electron chi connectivity index (χ0n) is 22.0. The Hall–Kier alpha value is -2.33. The molecule has 2 aromatic carbocycles. The van der Waals surface area contributed by atoms with Crippen LogP contribution in [0.1, 0.15) is 69.2 Å². The smallest absolute Gasteiger partial charge is 0.410 e. The van der Waals surface area contributed by atoms with Crippen LogP contribution in [0, 0.1) is 18.8 Å². The van der Waals surface area contributed by atoms with Gasteiger partial charge in [-0.2, -0.15) is 0 Å². The van der Waals surface area contributed by atoms with Crippen LogP contribution in [-0.2, 0) is 23.0 Å². The molecule has 2 aromatic rings. The highest BCUT2D eigenvalue weighted by Crippen LogP contribution is 2.60. The minimum absolute atomic E-state index is 0.0577. The van der Waals surface area contributed by atoms with Crippen molar-refractivity contribution in [3.05, 3.63) is 64.7 Å². The van der Waals surface area contributed by atoms with Gasteiger partial charge in [-0.3, -0.25) is 0 Å². The van der Waals surface area contributed by atoms with E-state index in [1.54, 1.807) is 0 Å². The molecule has 1 saturated carbocycles. The van der Waals surface area contributed by atoms with Crippen LogP contribution in [0.4, 0.5) is 4.79 Å². The second kappa shape index (κ2) is 9.37. The molecule has 34 heavy (non-hydrogen) atoms. The molecule has 4 heteroatoms. The molecule has 4 rings (SSSR count). The average Bonchev–Trinajstić information content (AvgIpc) is 2.86. The number of fused-ring (bicyclic) bond motifs is 3. The Balaban J connectivity index is 1.82. The van der Waals surface area contributed by atoms with Crippen LogP contribution in [0.5, 0.6) is 5.75 Å². The third-order valence-corrected chi connectivity index (χ3v) is 9.49. The summed E-state index contributed by atoms with van der Waals surface area (Å²) >= 11 is 0. The first kappa shape index (κ1) is 24.8. The molecular formula is C30H41NO3. The maximum absolute atomic E-state index is 13.3. The molecule has 4 nitrogen and oxygen atoms in total. The summed E-state index contributed by atoms with van der Waals surface area (Å²) in [4.78, 5) is 15.2. The van der Waals surface area contributed by atoms with Gasteiger partial charge in [0, 0.05) is 25.6 Å². The molecule has 2 aliphatic rings. The van der Waals surface area contributed by atoms with E-state index in [0.29, 0.717) is 17.6 Å². The van der Waals surface area contributed by atoms with Gasteiger partial charge in [-0.15, -0.1) is 0 Å². The number of hydrogen-bond acceptors (Lipinski definition) is 3. The Kier molecular flexibility index (Phi) is 6.83. The molecule has 0 aromatic heterocycles. The lowest BCUT2D eigenvalue weighted by molar-refractivity contribution is -0.128. The second-order valence-corrected chi connectivity index (χ2v) is 10.6. The van der Waals surface area contributed by atoms with Crippen LogP contribution < -0.4 is 4.74 Å². The number of benzene rings is 2. The van der Waals surface area contributed by atoms with E-state index in [1.165, 1.54) is 22.3 Å². The molecule has 0 aliphatic heterocycles. The van der Waals surface area contributed by atoms with Gasteiger partial charge in [-0.1, -0.05) is 51.1 Å². The van der Waals surface area contributed by atoms with Gasteiger partial charge in [0.1, 0.15) is 5.75 Å². The van der Waals surface area contributed by atoms with E-state index in [4.69, 9.17) is 9.47 Å². The molecule has 184 valence electrons. The number of amides is 1. The van der Waals surface area contributed by atoms with E-state index in [0.717, 1.165) is 32.1 Å². The summed E-state index contributed by atoms with van der Waals surface area (Å²) in [5.41, 5.74) is 5.52. The molecule has 0 saturated heterocycles. The minimum Gasteiger partial charge on any atom is -0.410 e. The molecule has 2 aliphatic carbocycles. The standard InChI is InChI=1S/C30H41NO3/c1-8-22-15-16-23-19-26(31(6)28(32)34-24-13-11-10-12-14-24)25-17-18-29(5,33-7)21(4)30(25,9-2)27(23)20(22)3/h10-16,21,25-26H,8-9,17-19H2,1-7H3. The Morgan fingerprint density at radius 3 is 2.47 bits per heavy atom. The number of ether oxygens (including phenoxy) is 2. The molecule has 0 bridgehead atoms. The normalized spacial score (nSPS) is 30.3. The van der Waals surface area contributed by atoms with Crippen molar-refractivity contribution in [2.75, 3.05) is 14.2 Å². The molecule has 5 atom stereocenters. The van der Waals surface area contributed by atoms with Gasteiger partial charge in [0.2, 0.25) is 0 Å². The van der Waals surface area contributed by atoms with E-state index >= 15 is 0 Å². The Bertz CT molecular complexity index is 1030. The van der Waals surface area contributed by atoms with Gasteiger partial charge < -0.3 is 14.4 Å². The topological polar surface area (TPSA) is 38.8 Å². The van der Waals surface area contributed by atoms with Gasteiger partial charge >= 0.3 is 6.09 Å². The van der Waals surface area contributed by atoms with Crippen LogP contribution in [0.25, 0.3) is 0 Å². The van der Waals surface area contributed by atoms with Crippen LogP contribution in [0.2, 0.25) is 0 Å². The third kappa shape index (κ3) is 3.75. The number of carbonyl (C=O) groups is 1. The van der Waals surface area contributed by atoms with Crippen molar-refractivity contribution in [1.29, 1.82) is 0 Å². The Labute approximate surface area is 205 Å². The summed E-state index contributed by atoms with van der Waals surface area (Å²) in [7, 11) is 3.78. The van der Waals surface area contributed by atoms with Gasteiger partial charge in [-0.25, -0.2) is 4.79 Å². The third-order valence-electron chi connectivity index (χ3n) is 9.49. The average molecular weight is 464 g/mol. The summed E-state index contributed by atoms with van der Waals surface area (Å²) in [5, 5.41) is 0. The van der Waals surface area contributed by atoms with Crippen molar-refractivity contribution in [2.45, 2.75) is 83.8 Å². The quantitative estimate of drug-likeness (QED) is 0.494. The van der Waals surface area contributed by atoms with E-state index in [2.05, 4.69) is 46.8 Å². The predicted octanol–water partition coefficient (Wildman–Crippen LogP) is 6.71. The molecule has 1 fully saturated rings. The number of carbonyl (C=O) groups excluding carboxylic acids is 1. The van der Waals surface area contributed by atoms with Gasteiger partial charge in [0.25, 0.3) is 0 Å². The van der Waals surface area contributed by atoms with Crippen LogP contribution >= 0.6 is 0 Å². The van der Waals surface area contributed by atoms with Crippen LogP contribution in [-0.4, -0.2) is 36.8 Å². The fraction of sp³-hybridized carbons (Fsp3) is 0.567. The van der Waals surface area contributed by atoms with E-state index in [9.17, 15) is 4.79 Å². The minimum atomic E-state index is -0.278. The van der Waals surface area contributed by atoms with Crippen molar-refractivity contribution < 1.29 is 14.3 Å². The van der Waals surface area contributed by atoms with E-state index < -0.39 is 0 Å². The lowest BCUT2D eigenvalue weighted by Gasteiger charge is -2.61. The largest absolute Gasteiger partial charge is 0.415 e. The highest BCUT2D eigenvalue weighted by molar-refractivity contribution is 5.71. The lowest BCUT2D eigenvalue weighted by atomic mass is 9.46. The summed E-state index contributed by atoms with van der Waals surface area (Å²) < 4.78 is 12.0. The summed E-state index contributed by atoms with van der Waals surface area (Å²) in [6.07, 6.45) is 4.67. The van der Waals surface area contributed by atoms with Crippen molar-refractivity contribution in [3.63, 3.8) is 0 Å². The number of hydrogen-bond donors (Lipinski definition) is 0. The Morgan fingerprint density at radius 1 is 1.15 bits per heavy atom. The fourth-order valence-corrected chi connectivity index (χ4v) is 7.33. The number of methoxy groups -OCH3 is 1. The SMILES string of the molecule is CCc1ccc2c(c1C)C1(CC)C(CCC(C)(OC)C1C)C(N(C)C(=O)Oc1ccccc1)C2. The van der Waals surface area contributed by atoms with Crippen LogP contribution in [0.15, 0.2) is 42.5 Å². The summed E-state index contributed by atoms with van der Waals surface area (Å²) in [5.74, 6) is 1.26. The van der Waals surface area contributed by atoms with Crippen molar-refractivity contribution in [3.8, 4) is 5.75 Å². The zero-order chi connectivity index (χ0) is 24.7. The number of para-hydroxylation sites is 1. The van der Waals surface area contributed by atoms with Crippen molar-refractivity contribution >= 4 is 6.09 Å². The highest BCUT2D eigenvalue weighted by Gasteiger charge is 2.60. The van der Waals surface area contributed by atoms with Crippen molar-refractivity contribution in [1.82, 2.24) is 4.90 Å².